The second-order valence-corrected chi connectivity index (χ2v) is 5.65. The molecule has 0 saturated carbocycles. The van der Waals surface area contributed by atoms with Crippen LogP contribution in [-0.2, 0) is 17.6 Å². The first-order valence-electron chi connectivity index (χ1n) is 5.90. The molecule has 1 amide bonds. The van der Waals surface area contributed by atoms with Crippen molar-refractivity contribution in [1.82, 2.24) is 9.97 Å². The van der Waals surface area contributed by atoms with E-state index < -0.39 is 0 Å². The van der Waals surface area contributed by atoms with Gasteiger partial charge in [0, 0.05) is 4.88 Å². The number of carbonyl (C=O) groups excluding carboxylic acids is 1. The van der Waals surface area contributed by atoms with Crippen LogP contribution >= 0.6 is 22.9 Å². The number of hydrogen-bond acceptors (Lipinski definition) is 4. The fourth-order valence-corrected chi connectivity index (χ4v) is 3.65. The van der Waals surface area contributed by atoms with Gasteiger partial charge in [0.2, 0.25) is 5.91 Å². The molecule has 0 aromatic carbocycles. The molecule has 4 nitrogen and oxygen atoms in total. The van der Waals surface area contributed by atoms with Crippen LogP contribution in [0.15, 0.2) is 6.33 Å². The van der Waals surface area contributed by atoms with Gasteiger partial charge in [-0.3, -0.25) is 4.79 Å². The number of alkyl halides is 1. The summed E-state index contributed by atoms with van der Waals surface area (Å²) >= 11 is 7.23. The Morgan fingerprint density at radius 1 is 1.39 bits per heavy atom. The van der Waals surface area contributed by atoms with Crippen LogP contribution in [0.2, 0.25) is 0 Å². The predicted octanol–water partition coefficient (Wildman–Crippen LogP) is 2.75. The van der Waals surface area contributed by atoms with Gasteiger partial charge < -0.3 is 5.32 Å². The zero-order chi connectivity index (χ0) is 12.5. The number of fused-ring (bicyclic) bond motifs is 3. The van der Waals surface area contributed by atoms with Crippen LogP contribution < -0.4 is 5.32 Å². The Labute approximate surface area is 113 Å². The van der Waals surface area contributed by atoms with Gasteiger partial charge in [-0.15, -0.1) is 22.9 Å². The summed E-state index contributed by atoms with van der Waals surface area (Å²) in [6, 6.07) is 0. The lowest BCUT2D eigenvalue weighted by Crippen LogP contribution is -2.14. The molecule has 6 heteroatoms. The maximum atomic E-state index is 11.4. The Morgan fingerprint density at radius 3 is 3.06 bits per heavy atom. The molecule has 2 aromatic rings. The Hall–Kier alpha value is -1.20. The van der Waals surface area contributed by atoms with Gasteiger partial charge in [-0.1, -0.05) is 0 Å². The van der Waals surface area contributed by atoms with Crippen LogP contribution in [0.4, 0.5) is 5.82 Å². The lowest BCUT2D eigenvalue weighted by molar-refractivity contribution is -0.113. The van der Waals surface area contributed by atoms with Crippen molar-refractivity contribution < 1.29 is 4.79 Å². The molecule has 18 heavy (non-hydrogen) atoms. The Balaban J connectivity index is 2.13. The van der Waals surface area contributed by atoms with E-state index in [0.717, 1.165) is 23.1 Å². The number of anilines is 1. The molecule has 1 aliphatic rings. The zero-order valence-electron chi connectivity index (χ0n) is 9.70. The average Bonchev–Trinajstić information content (AvgIpc) is 2.78. The summed E-state index contributed by atoms with van der Waals surface area (Å²) in [5.74, 6) is 0.315. The third-order valence-corrected chi connectivity index (χ3v) is 4.57. The minimum absolute atomic E-state index is 0.0577. The van der Waals surface area contributed by atoms with E-state index in [9.17, 15) is 4.79 Å². The second-order valence-electron chi connectivity index (χ2n) is 4.30. The highest BCUT2D eigenvalue weighted by molar-refractivity contribution is 7.19. The van der Waals surface area contributed by atoms with Crippen molar-refractivity contribution in [2.45, 2.75) is 25.7 Å². The van der Waals surface area contributed by atoms with Gasteiger partial charge in [0.15, 0.2) is 0 Å². The fraction of sp³-hybridized carbons (Fsp3) is 0.417. The highest BCUT2D eigenvalue weighted by Gasteiger charge is 2.20. The molecule has 0 unspecified atom stereocenters. The molecule has 2 heterocycles. The molecule has 0 atom stereocenters. The van der Waals surface area contributed by atoms with E-state index in [-0.39, 0.29) is 11.8 Å². The summed E-state index contributed by atoms with van der Waals surface area (Å²) in [5.41, 5.74) is 1.31. The molecule has 0 aliphatic heterocycles. The van der Waals surface area contributed by atoms with Crippen LogP contribution in [0.1, 0.15) is 23.3 Å². The molecule has 0 fully saturated rings. The minimum Gasteiger partial charge on any atom is -0.309 e. The van der Waals surface area contributed by atoms with Gasteiger partial charge in [-0.05, 0) is 31.2 Å². The highest BCUT2D eigenvalue weighted by atomic mass is 35.5. The Kier molecular flexibility index (Phi) is 3.18. The van der Waals surface area contributed by atoms with Crippen molar-refractivity contribution in [3.8, 4) is 0 Å². The predicted molar refractivity (Wildman–Crippen MR) is 73.4 cm³/mol. The first-order valence-corrected chi connectivity index (χ1v) is 7.25. The number of aryl methyl sites for hydroxylation is 2. The second kappa shape index (κ2) is 4.82. The lowest BCUT2D eigenvalue weighted by atomic mass is 9.97. The van der Waals surface area contributed by atoms with E-state index in [2.05, 4.69) is 15.3 Å². The van der Waals surface area contributed by atoms with Crippen LogP contribution in [0.5, 0.6) is 0 Å². The Bertz CT molecular complexity index is 611. The quantitative estimate of drug-likeness (QED) is 0.861. The topological polar surface area (TPSA) is 54.9 Å². The molecule has 3 rings (SSSR count). The molecule has 0 bridgehead atoms. The normalized spacial score (nSPS) is 14.5. The van der Waals surface area contributed by atoms with Crippen LogP contribution in [0, 0.1) is 0 Å². The van der Waals surface area contributed by atoms with Crippen molar-refractivity contribution >= 4 is 44.9 Å². The summed E-state index contributed by atoms with van der Waals surface area (Å²) in [7, 11) is 0. The molecular weight excluding hydrogens is 270 g/mol. The number of carbonyl (C=O) groups is 1. The first kappa shape index (κ1) is 11.9. The molecule has 2 aromatic heterocycles. The number of thiophene rings is 1. The number of amides is 1. The summed E-state index contributed by atoms with van der Waals surface area (Å²) in [4.78, 5) is 22.2. The summed E-state index contributed by atoms with van der Waals surface area (Å²) in [6.45, 7) is 0. The summed E-state index contributed by atoms with van der Waals surface area (Å²) < 4.78 is 0. The first-order chi connectivity index (χ1) is 8.79. The van der Waals surface area contributed by atoms with Crippen molar-refractivity contribution in [1.29, 1.82) is 0 Å². The van der Waals surface area contributed by atoms with Gasteiger partial charge >= 0.3 is 0 Å². The third kappa shape index (κ3) is 1.97. The molecule has 0 saturated heterocycles. The molecule has 0 spiro atoms. The van der Waals surface area contributed by atoms with Gasteiger partial charge in [-0.25, -0.2) is 9.97 Å². The van der Waals surface area contributed by atoms with Crippen LogP contribution in [-0.4, -0.2) is 21.8 Å². The van der Waals surface area contributed by atoms with Gasteiger partial charge in [-0.2, -0.15) is 0 Å². The maximum absolute atomic E-state index is 11.4. The van der Waals surface area contributed by atoms with E-state index in [1.165, 1.54) is 29.6 Å². The lowest BCUT2D eigenvalue weighted by Gasteiger charge is -2.11. The van der Waals surface area contributed by atoms with Crippen molar-refractivity contribution in [2.75, 3.05) is 11.2 Å². The monoisotopic (exact) mass is 281 g/mol. The van der Waals surface area contributed by atoms with Gasteiger partial charge in [0.05, 0.1) is 5.39 Å². The molecule has 1 aliphatic carbocycles. The average molecular weight is 282 g/mol. The molecule has 0 radical (unpaired) electrons. The van der Waals surface area contributed by atoms with E-state index in [1.807, 2.05) is 0 Å². The number of rotatable bonds is 2. The maximum Gasteiger partial charge on any atom is 0.240 e. The minimum atomic E-state index is -0.229. The summed E-state index contributed by atoms with van der Waals surface area (Å²) in [5, 5.41) is 3.77. The molecule has 94 valence electrons. The summed E-state index contributed by atoms with van der Waals surface area (Å²) in [6.07, 6.45) is 6.08. The molecular formula is C12H12ClN3OS. The number of aromatic nitrogens is 2. The van der Waals surface area contributed by atoms with Crippen molar-refractivity contribution in [3.63, 3.8) is 0 Å². The fourth-order valence-electron chi connectivity index (χ4n) is 2.35. The van der Waals surface area contributed by atoms with Crippen LogP contribution in [0.25, 0.3) is 10.2 Å². The van der Waals surface area contributed by atoms with E-state index in [1.54, 1.807) is 11.3 Å². The number of hydrogen-bond donors (Lipinski definition) is 1. The molecule has 1 N–H and O–H groups in total. The smallest absolute Gasteiger partial charge is 0.240 e. The largest absolute Gasteiger partial charge is 0.309 e. The number of halogens is 1. The van der Waals surface area contributed by atoms with E-state index >= 15 is 0 Å². The van der Waals surface area contributed by atoms with Crippen LogP contribution in [0.3, 0.4) is 0 Å². The zero-order valence-corrected chi connectivity index (χ0v) is 11.3. The van der Waals surface area contributed by atoms with Crippen molar-refractivity contribution in [2.24, 2.45) is 0 Å². The van der Waals surface area contributed by atoms with E-state index in [4.69, 9.17) is 11.6 Å². The SMILES string of the molecule is O=C(CCl)Nc1ncnc2sc3c(c12)CCCC3. The van der Waals surface area contributed by atoms with E-state index in [0.29, 0.717) is 5.82 Å². The number of nitrogens with zero attached hydrogens (tertiary/aromatic N) is 2. The standard InChI is InChI=1S/C12H12ClN3OS/c13-5-9(17)16-11-10-7-3-1-2-4-8(7)18-12(10)15-6-14-11/h6H,1-5H2,(H,14,15,16,17). The van der Waals surface area contributed by atoms with Gasteiger partial charge in [0.25, 0.3) is 0 Å². The Morgan fingerprint density at radius 2 is 2.22 bits per heavy atom. The number of nitrogens with one attached hydrogen (secondary N) is 1. The van der Waals surface area contributed by atoms with Gasteiger partial charge in [0.1, 0.15) is 22.9 Å². The highest BCUT2D eigenvalue weighted by Crippen LogP contribution is 2.37. The third-order valence-electron chi connectivity index (χ3n) is 3.13. The van der Waals surface area contributed by atoms with Crippen molar-refractivity contribution in [3.05, 3.63) is 16.8 Å².